The monoisotopic (exact) mass is 311 g/mol. The second kappa shape index (κ2) is 6.26. The van der Waals surface area contributed by atoms with Gasteiger partial charge in [0.25, 0.3) is 0 Å². The molecular formula is C17H21N5O. The maximum absolute atomic E-state index is 10.5. The van der Waals surface area contributed by atoms with E-state index in [0.717, 1.165) is 42.6 Å². The fourth-order valence-corrected chi connectivity index (χ4v) is 2.83. The number of phenols is 1. The van der Waals surface area contributed by atoms with Crippen LogP contribution in [0.5, 0.6) is 5.75 Å². The molecule has 0 saturated carbocycles. The average molecular weight is 311 g/mol. The number of hydrogen-bond acceptors (Lipinski definition) is 6. The van der Waals surface area contributed by atoms with Crippen molar-refractivity contribution in [2.45, 2.75) is 0 Å². The molecule has 3 N–H and O–H groups in total. The number of azo groups is 1. The molecule has 1 aliphatic rings. The van der Waals surface area contributed by atoms with E-state index in [1.54, 1.807) is 0 Å². The molecule has 0 spiro atoms. The van der Waals surface area contributed by atoms with E-state index in [-0.39, 0.29) is 11.6 Å². The number of nitrogens with zero attached hydrogens (tertiary/aromatic N) is 4. The van der Waals surface area contributed by atoms with Gasteiger partial charge in [-0.25, -0.2) is 0 Å². The van der Waals surface area contributed by atoms with Gasteiger partial charge in [0.05, 0.1) is 0 Å². The summed E-state index contributed by atoms with van der Waals surface area (Å²) in [6.45, 7) is 7.39. The number of piperazine rings is 1. The van der Waals surface area contributed by atoms with E-state index in [9.17, 15) is 5.11 Å². The zero-order valence-electron chi connectivity index (χ0n) is 13.2. The van der Waals surface area contributed by atoms with Gasteiger partial charge in [-0.1, -0.05) is 30.8 Å². The summed E-state index contributed by atoms with van der Waals surface area (Å²) < 4.78 is 0. The van der Waals surface area contributed by atoms with Crippen molar-refractivity contribution >= 4 is 22.1 Å². The number of rotatable bonds is 3. The van der Waals surface area contributed by atoms with Crippen molar-refractivity contribution in [3.05, 3.63) is 42.7 Å². The highest BCUT2D eigenvalue weighted by molar-refractivity contribution is 6.01. The number of phenolic OH excluding ortho intramolecular Hbond substituents is 1. The van der Waals surface area contributed by atoms with Gasteiger partial charge < -0.3 is 20.6 Å². The first-order chi connectivity index (χ1) is 11.1. The molecule has 2 aromatic carbocycles. The van der Waals surface area contributed by atoms with Crippen LogP contribution in [-0.4, -0.2) is 43.2 Å². The molecule has 0 unspecified atom stereocenters. The summed E-state index contributed by atoms with van der Waals surface area (Å²) in [7, 11) is 2.12. The van der Waals surface area contributed by atoms with Crippen LogP contribution >= 0.6 is 0 Å². The van der Waals surface area contributed by atoms with Crippen molar-refractivity contribution < 1.29 is 5.11 Å². The van der Waals surface area contributed by atoms with Crippen molar-refractivity contribution in [1.82, 2.24) is 4.90 Å². The van der Waals surface area contributed by atoms with E-state index >= 15 is 0 Å². The highest BCUT2D eigenvalue weighted by Gasteiger charge is 2.19. The minimum Gasteiger partial charge on any atom is -0.505 e. The predicted octanol–water partition coefficient (Wildman–Crippen LogP) is 2.81. The predicted molar refractivity (Wildman–Crippen MR) is 93.2 cm³/mol. The molecule has 23 heavy (non-hydrogen) atoms. The standard InChI is InChI=1S/C17H21N5O/c1-12(18)19-20-15-11-16(22-9-7-21(2)8-10-22)13-5-3-4-6-14(13)17(15)23/h3-6,11,23H,1,7-10,18H2,2H3. The Bertz CT molecular complexity index is 763. The van der Waals surface area contributed by atoms with Gasteiger partial charge in [-0.2, -0.15) is 0 Å². The molecule has 0 aliphatic carbocycles. The van der Waals surface area contributed by atoms with Crippen molar-refractivity contribution in [3.63, 3.8) is 0 Å². The van der Waals surface area contributed by atoms with E-state index in [1.165, 1.54) is 0 Å². The number of hydrogen-bond donors (Lipinski definition) is 2. The fraction of sp³-hybridized carbons (Fsp3) is 0.294. The van der Waals surface area contributed by atoms with Crippen LogP contribution in [0.25, 0.3) is 10.8 Å². The molecule has 6 heteroatoms. The molecule has 0 radical (unpaired) electrons. The van der Waals surface area contributed by atoms with Gasteiger partial charge in [-0.05, 0) is 13.1 Å². The molecule has 6 nitrogen and oxygen atoms in total. The normalized spacial score (nSPS) is 16.3. The second-order valence-electron chi connectivity index (χ2n) is 5.79. The Morgan fingerprint density at radius 2 is 1.83 bits per heavy atom. The molecule has 1 aliphatic heterocycles. The molecule has 1 saturated heterocycles. The lowest BCUT2D eigenvalue weighted by atomic mass is 10.0. The minimum absolute atomic E-state index is 0.110. The highest BCUT2D eigenvalue weighted by atomic mass is 16.3. The fourth-order valence-electron chi connectivity index (χ4n) is 2.83. The molecular weight excluding hydrogens is 290 g/mol. The zero-order chi connectivity index (χ0) is 16.4. The molecule has 2 aromatic rings. The molecule has 1 heterocycles. The molecule has 120 valence electrons. The van der Waals surface area contributed by atoms with E-state index in [0.29, 0.717) is 5.69 Å². The van der Waals surface area contributed by atoms with E-state index in [1.807, 2.05) is 30.3 Å². The molecule has 0 amide bonds. The summed E-state index contributed by atoms with van der Waals surface area (Å²) in [6.07, 6.45) is 0. The first-order valence-corrected chi connectivity index (χ1v) is 7.60. The summed E-state index contributed by atoms with van der Waals surface area (Å²) in [6, 6.07) is 9.66. The van der Waals surface area contributed by atoms with Crippen molar-refractivity contribution in [3.8, 4) is 5.75 Å². The van der Waals surface area contributed by atoms with Gasteiger partial charge in [0, 0.05) is 42.6 Å². The summed E-state index contributed by atoms with van der Waals surface area (Å²) in [5, 5.41) is 20.1. The number of fused-ring (bicyclic) bond motifs is 1. The van der Waals surface area contributed by atoms with Crippen LogP contribution in [0.4, 0.5) is 11.4 Å². The van der Waals surface area contributed by atoms with Crippen LogP contribution in [-0.2, 0) is 0 Å². The van der Waals surface area contributed by atoms with Crippen LogP contribution in [0.3, 0.4) is 0 Å². The second-order valence-corrected chi connectivity index (χ2v) is 5.79. The van der Waals surface area contributed by atoms with Crippen molar-refractivity contribution in [2.75, 3.05) is 38.1 Å². The SMILES string of the molecule is C=C(N)N=Nc1cc(N2CCN(C)CC2)c2ccccc2c1O. The summed E-state index contributed by atoms with van der Waals surface area (Å²) >= 11 is 0. The lowest BCUT2D eigenvalue weighted by molar-refractivity contribution is 0.313. The van der Waals surface area contributed by atoms with Crippen LogP contribution in [0.15, 0.2) is 53.0 Å². The maximum atomic E-state index is 10.5. The smallest absolute Gasteiger partial charge is 0.151 e. The molecule has 0 bridgehead atoms. The number of nitrogens with two attached hydrogens (primary N) is 1. The third-order valence-corrected chi connectivity index (χ3v) is 4.10. The van der Waals surface area contributed by atoms with E-state index in [2.05, 4.69) is 33.7 Å². The van der Waals surface area contributed by atoms with Crippen LogP contribution in [0.2, 0.25) is 0 Å². The topological polar surface area (TPSA) is 77.5 Å². The Morgan fingerprint density at radius 1 is 1.17 bits per heavy atom. The van der Waals surface area contributed by atoms with Gasteiger partial charge in [-0.15, -0.1) is 10.2 Å². The Balaban J connectivity index is 2.11. The van der Waals surface area contributed by atoms with Crippen LogP contribution < -0.4 is 10.6 Å². The number of likely N-dealkylation sites (N-methyl/N-ethyl adjacent to an activating group) is 1. The average Bonchev–Trinajstić information content (AvgIpc) is 2.55. The Labute approximate surface area is 135 Å². The lowest BCUT2D eigenvalue weighted by Gasteiger charge is -2.35. The number of benzene rings is 2. The zero-order valence-corrected chi connectivity index (χ0v) is 13.2. The van der Waals surface area contributed by atoms with Crippen LogP contribution in [0.1, 0.15) is 0 Å². The number of aromatic hydroxyl groups is 1. The summed E-state index contributed by atoms with van der Waals surface area (Å²) in [5.41, 5.74) is 6.91. The Kier molecular flexibility index (Phi) is 4.16. The highest BCUT2D eigenvalue weighted by Crippen LogP contribution is 2.41. The van der Waals surface area contributed by atoms with Gasteiger partial charge in [0.15, 0.2) is 5.75 Å². The quantitative estimate of drug-likeness (QED) is 0.855. The van der Waals surface area contributed by atoms with Gasteiger partial charge in [0.1, 0.15) is 11.5 Å². The van der Waals surface area contributed by atoms with E-state index < -0.39 is 0 Å². The Morgan fingerprint density at radius 3 is 2.48 bits per heavy atom. The minimum atomic E-state index is 0.110. The van der Waals surface area contributed by atoms with Gasteiger partial charge >= 0.3 is 0 Å². The Hall–Kier alpha value is -2.60. The maximum Gasteiger partial charge on any atom is 0.151 e. The van der Waals surface area contributed by atoms with Crippen molar-refractivity contribution in [2.24, 2.45) is 16.0 Å². The molecule has 0 aromatic heterocycles. The van der Waals surface area contributed by atoms with Crippen LogP contribution in [0, 0.1) is 0 Å². The van der Waals surface area contributed by atoms with E-state index in [4.69, 9.17) is 5.73 Å². The van der Waals surface area contributed by atoms with Crippen molar-refractivity contribution in [1.29, 1.82) is 0 Å². The number of anilines is 1. The van der Waals surface area contributed by atoms with Gasteiger partial charge in [-0.3, -0.25) is 0 Å². The third-order valence-electron chi connectivity index (χ3n) is 4.10. The third kappa shape index (κ3) is 3.12. The first-order valence-electron chi connectivity index (χ1n) is 7.60. The molecule has 3 rings (SSSR count). The largest absolute Gasteiger partial charge is 0.505 e. The first kappa shape index (κ1) is 15.3. The summed E-state index contributed by atoms with van der Waals surface area (Å²) in [5.74, 6) is 0.224. The lowest BCUT2D eigenvalue weighted by Crippen LogP contribution is -2.44. The molecule has 1 fully saturated rings. The summed E-state index contributed by atoms with van der Waals surface area (Å²) in [4.78, 5) is 4.62. The molecule has 0 atom stereocenters. The van der Waals surface area contributed by atoms with Gasteiger partial charge in [0.2, 0.25) is 0 Å².